The number of hydrogen-bond acceptors (Lipinski definition) is 3. The number of halogens is 1. The zero-order valence-electron chi connectivity index (χ0n) is 17.2. The number of nitrogens with one attached hydrogen (secondary N) is 1. The smallest absolute Gasteiger partial charge is 0.119 e. The van der Waals surface area contributed by atoms with Crippen LogP contribution in [0, 0.1) is 0 Å². The van der Waals surface area contributed by atoms with E-state index in [2.05, 4.69) is 53.8 Å². The fourth-order valence-electron chi connectivity index (χ4n) is 4.02. The van der Waals surface area contributed by atoms with Crippen LogP contribution in [0.25, 0.3) is 11.1 Å². The molecular weight excluding hydrogens is 394 g/mol. The molecule has 0 aromatic heterocycles. The molecule has 0 heterocycles. The molecule has 158 valence electrons. The van der Waals surface area contributed by atoms with Gasteiger partial charge in [-0.3, -0.25) is 0 Å². The molecule has 0 fully saturated rings. The minimum atomic E-state index is -0.520. The van der Waals surface area contributed by atoms with Gasteiger partial charge >= 0.3 is 0 Å². The maximum atomic E-state index is 10.3. The van der Waals surface area contributed by atoms with E-state index < -0.39 is 6.10 Å². The highest BCUT2D eigenvalue weighted by Gasteiger charge is 2.18. The molecule has 0 spiro atoms. The first-order chi connectivity index (χ1) is 14.3. The topological polar surface area (TPSA) is 41.5 Å². The Kier molecular flexibility index (Phi) is 8.32. The Morgan fingerprint density at radius 2 is 1.63 bits per heavy atom. The number of aliphatic hydroxyl groups is 1. The van der Waals surface area contributed by atoms with Gasteiger partial charge < -0.3 is 15.2 Å². The largest absolute Gasteiger partial charge is 0.491 e. The van der Waals surface area contributed by atoms with Gasteiger partial charge in [-0.2, -0.15) is 0 Å². The van der Waals surface area contributed by atoms with Gasteiger partial charge in [0, 0.05) is 12.6 Å². The molecule has 4 rings (SSSR count). The average molecular weight is 424 g/mol. The van der Waals surface area contributed by atoms with Crippen molar-refractivity contribution in [1.82, 2.24) is 5.32 Å². The van der Waals surface area contributed by atoms with E-state index in [0.29, 0.717) is 19.2 Å². The van der Waals surface area contributed by atoms with E-state index in [9.17, 15) is 5.11 Å². The minimum Gasteiger partial charge on any atom is -0.491 e. The molecule has 4 heteroatoms. The Morgan fingerprint density at radius 1 is 0.900 bits per heavy atom. The van der Waals surface area contributed by atoms with Gasteiger partial charge in [0.25, 0.3) is 0 Å². The average Bonchev–Trinajstić information content (AvgIpc) is 2.99. The van der Waals surface area contributed by atoms with Gasteiger partial charge in [0.05, 0.1) is 0 Å². The van der Waals surface area contributed by atoms with Crippen LogP contribution < -0.4 is 10.1 Å². The summed E-state index contributed by atoms with van der Waals surface area (Å²) in [7, 11) is 0. The number of benzene rings is 3. The Morgan fingerprint density at radius 3 is 2.40 bits per heavy atom. The highest BCUT2D eigenvalue weighted by atomic mass is 35.5. The summed E-state index contributed by atoms with van der Waals surface area (Å²) in [6.45, 7) is 0.851. The Hall–Kier alpha value is -2.33. The number of aryl methyl sites for hydroxylation is 1. The highest BCUT2D eigenvalue weighted by molar-refractivity contribution is 5.85. The SMILES string of the molecule is Cl.O[C@@H](CNC1CCCc2ccc(-c3ccccc3)cc2C1)COc1ccccc1. The van der Waals surface area contributed by atoms with Crippen LogP contribution in [0.2, 0.25) is 0 Å². The first-order valence-electron chi connectivity index (χ1n) is 10.5. The number of fused-ring (bicyclic) bond motifs is 1. The van der Waals surface area contributed by atoms with Gasteiger partial charge in [0.2, 0.25) is 0 Å². The third-order valence-electron chi connectivity index (χ3n) is 5.61. The van der Waals surface area contributed by atoms with Gasteiger partial charge in [-0.05, 0) is 60.1 Å². The number of rotatable bonds is 7. The Balaban J connectivity index is 0.00000256. The molecule has 1 unspecified atom stereocenters. The monoisotopic (exact) mass is 423 g/mol. The van der Waals surface area contributed by atoms with Crippen molar-refractivity contribution >= 4 is 12.4 Å². The van der Waals surface area contributed by atoms with Crippen LogP contribution in [0.4, 0.5) is 0 Å². The lowest BCUT2D eigenvalue weighted by Crippen LogP contribution is -2.39. The lowest BCUT2D eigenvalue weighted by molar-refractivity contribution is 0.103. The van der Waals surface area contributed by atoms with Gasteiger partial charge in [-0.15, -0.1) is 12.4 Å². The van der Waals surface area contributed by atoms with Crippen molar-refractivity contribution in [3.63, 3.8) is 0 Å². The van der Waals surface area contributed by atoms with Crippen LogP contribution in [-0.4, -0.2) is 30.4 Å². The zero-order chi connectivity index (χ0) is 19.9. The molecule has 1 aliphatic rings. The summed E-state index contributed by atoms with van der Waals surface area (Å²) < 4.78 is 5.66. The van der Waals surface area contributed by atoms with Crippen LogP contribution in [0.5, 0.6) is 5.75 Å². The molecule has 3 nitrogen and oxygen atoms in total. The van der Waals surface area contributed by atoms with Crippen molar-refractivity contribution < 1.29 is 9.84 Å². The summed E-state index contributed by atoms with van der Waals surface area (Å²) >= 11 is 0. The molecule has 2 atom stereocenters. The molecule has 0 saturated carbocycles. The molecule has 0 aliphatic heterocycles. The lowest BCUT2D eigenvalue weighted by Gasteiger charge is -2.20. The van der Waals surface area contributed by atoms with Crippen LogP contribution in [0.1, 0.15) is 24.0 Å². The van der Waals surface area contributed by atoms with Crippen molar-refractivity contribution in [1.29, 1.82) is 0 Å². The number of para-hydroxylation sites is 1. The predicted octanol–water partition coefficient (Wildman–Crippen LogP) is 5.05. The second-order valence-electron chi connectivity index (χ2n) is 7.83. The molecule has 0 amide bonds. The Labute approximate surface area is 185 Å². The fraction of sp³-hybridized carbons (Fsp3) is 0.308. The Bertz CT molecular complexity index is 901. The lowest BCUT2D eigenvalue weighted by atomic mass is 9.96. The first kappa shape index (κ1) is 22.4. The molecule has 1 aliphatic carbocycles. The van der Waals surface area contributed by atoms with E-state index in [1.54, 1.807) is 0 Å². The van der Waals surface area contributed by atoms with Crippen LogP contribution in [0.15, 0.2) is 78.9 Å². The maximum absolute atomic E-state index is 10.3. The van der Waals surface area contributed by atoms with E-state index in [1.807, 2.05) is 30.3 Å². The number of ether oxygens (including phenoxy) is 1. The van der Waals surface area contributed by atoms with E-state index in [-0.39, 0.29) is 12.4 Å². The fourth-order valence-corrected chi connectivity index (χ4v) is 4.02. The quantitative estimate of drug-likeness (QED) is 0.522. The van der Waals surface area contributed by atoms with Gasteiger partial charge in [-0.25, -0.2) is 0 Å². The third-order valence-corrected chi connectivity index (χ3v) is 5.61. The summed E-state index contributed by atoms with van der Waals surface area (Å²) in [4.78, 5) is 0. The summed E-state index contributed by atoms with van der Waals surface area (Å²) in [5.41, 5.74) is 5.43. The van der Waals surface area contributed by atoms with Gasteiger partial charge in [-0.1, -0.05) is 66.7 Å². The number of hydrogen-bond donors (Lipinski definition) is 2. The van der Waals surface area contributed by atoms with Crippen LogP contribution >= 0.6 is 12.4 Å². The number of aliphatic hydroxyl groups excluding tert-OH is 1. The van der Waals surface area contributed by atoms with Crippen molar-refractivity contribution in [2.24, 2.45) is 0 Å². The van der Waals surface area contributed by atoms with E-state index >= 15 is 0 Å². The van der Waals surface area contributed by atoms with E-state index in [4.69, 9.17) is 4.74 Å². The van der Waals surface area contributed by atoms with Gasteiger partial charge in [0.1, 0.15) is 18.5 Å². The van der Waals surface area contributed by atoms with Crippen LogP contribution in [-0.2, 0) is 12.8 Å². The predicted molar refractivity (Wildman–Crippen MR) is 126 cm³/mol. The summed E-state index contributed by atoms with van der Waals surface area (Å²) in [6.07, 6.45) is 3.91. The molecule has 0 bridgehead atoms. The molecular formula is C26H30ClNO2. The van der Waals surface area contributed by atoms with E-state index in [0.717, 1.165) is 25.0 Å². The van der Waals surface area contributed by atoms with Crippen molar-refractivity contribution in [2.45, 2.75) is 37.8 Å². The van der Waals surface area contributed by atoms with Crippen molar-refractivity contribution in [2.75, 3.05) is 13.2 Å². The second-order valence-corrected chi connectivity index (χ2v) is 7.83. The zero-order valence-corrected chi connectivity index (χ0v) is 18.0. The normalized spacial score (nSPS) is 16.6. The van der Waals surface area contributed by atoms with E-state index in [1.165, 1.54) is 28.7 Å². The molecule has 2 N–H and O–H groups in total. The minimum absolute atomic E-state index is 0. The highest BCUT2D eigenvalue weighted by Crippen LogP contribution is 2.27. The molecule has 0 saturated heterocycles. The second kappa shape index (κ2) is 11.2. The summed E-state index contributed by atoms with van der Waals surface area (Å²) in [6, 6.07) is 27.5. The first-order valence-corrected chi connectivity index (χ1v) is 10.5. The molecule has 30 heavy (non-hydrogen) atoms. The molecule has 0 radical (unpaired) electrons. The van der Waals surface area contributed by atoms with Crippen molar-refractivity contribution in [3.05, 3.63) is 90.0 Å². The van der Waals surface area contributed by atoms with Crippen molar-refractivity contribution in [3.8, 4) is 16.9 Å². The summed E-state index contributed by atoms with van der Waals surface area (Å²) in [5, 5.41) is 13.9. The van der Waals surface area contributed by atoms with Crippen LogP contribution in [0.3, 0.4) is 0 Å². The molecule has 3 aromatic rings. The molecule has 3 aromatic carbocycles. The standard InChI is InChI=1S/C26H29NO2.ClH/c28-25(19-29-26-12-5-2-6-13-26)18-27-24-11-7-10-21-14-15-22(16-23(21)17-24)20-8-3-1-4-9-20;/h1-6,8-9,12-16,24-25,27-28H,7,10-11,17-19H2;1H/t24?,25-;/m0./s1. The third kappa shape index (κ3) is 6.09. The summed E-state index contributed by atoms with van der Waals surface area (Å²) in [5.74, 6) is 0.795. The van der Waals surface area contributed by atoms with Gasteiger partial charge in [0.15, 0.2) is 0 Å². The maximum Gasteiger partial charge on any atom is 0.119 e.